The lowest BCUT2D eigenvalue weighted by Gasteiger charge is -2.62. The molecule has 4 fully saturated rings. The average Bonchev–Trinajstić information content (AvgIpc) is 2.76. The van der Waals surface area contributed by atoms with Crippen LogP contribution in [0.4, 0.5) is 0 Å². The third-order valence-electron chi connectivity index (χ3n) is 8.07. The number of hydrogen-bond acceptors (Lipinski definition) is 2. The molecule has 0 atom stereocenters. The van der Waals surface area contributed by atoms with Crippen molar-refractivity contribution in [2.45, 2.75) is 51.4 Å². The van der Waals surface area contributed by atoms with Gasteiger partial charge >= 0.3 is 0 Å². The van der Waals surface area contributed by atoms with E-state index in [4.69, 9.17) is 9.98 Å². The molecular formula is C28H32Br2N2. The normalized spacial score (nSPS) is 31.2. The quantitative estimate of drug-likeness (QED) is 0.294. The van der Waals surface area contributed by atoms with Crippen LogP contribution in [0.3, 0.4) is 0 Å². The molecule has 0 amide bonds. The highest BCUT2D eigenvalue weighted by Crippen LogP contribution is 2.67. The van der Waals surface area contributed by atoms with E-state index in [-0.39, 0.29) is 0 Å². The Morgan fingerprint density at radius 1 is 0.688 bits per heavy atom. The molecule has 2 aromatic carbocycles. The van der Waals surface area contributed by atoms with Gasteiger partial charge in [-0.25, -0.2) is 0 Å². The first-order valence-corrected chi connectivity index (χ1v) is 13.6. The van der Waals surface area contributed by atoms with Crippen LogP contribution < -0.4 is 0 Å². The molecule has 0 heterocycles. The molecule has 32 heavy (non-hydrogen) atoms. The molecule has 2 nitrogen and oxygen atoms in total. The van der Waals surface area contributed by atoms with Crippen LogP contribution in [0.2, 0.25) is 0 Å². The van der Waals surface area contributed by atoms with Crippen molar-refractivity contribution >= 4 is 44.3 Å². The average molecular weight is 556 g/mol. The fraction of sp³-hybridized carbons (Fsp3) is 0.500. The molecule has 0 saturated heterocycles. The molecule has 2 aromatic rings. The Labute approximate surface area is 209 Å². The van der Waals surface area contributed by atoms with E-state index in [2.05, 4.69) is 92.8 Å². The van der Waals surface area contributed by atoms with E-state index in [1.165, 1.54) is 62.5 Å². The predicted molar refractivity (Wildman–Crippen MR) is 142 cm³/mol. The maximum absolute atomic E-state index is 4.82. The van der Waals surface area contributed by atoms with E-state index >= 15 is 0 Å². The summed E-state index contributed by atoms with van der Waals surface area (Å²) < 4.78 is 2.24. The van der Waals surface area contributed by atoms with Crippen molar-refractivity contribution in [3.63, 3.8) is 0 Å². The van der Waals surface area contributed by atoms with Gasteiger partial charge in [0.05, 0.1) is 0 Å². The zero-order valence-corrected chi connectivity index (χ0v) is 21.8. The summed E-state index contributed by atoms with van der Waals surface area (Å²) >= 11 is 7.01. The molecule has 0 radical (unpaired) electrons. The molecular weight excluding hydrogens is 524 g/mol. The highest BCUT2D eigenvalue weighted by atomic mass is 79.9. The van der Waals surface area contributed by atoms with Crippen LogP contribution in [0.1, 0.15) is 62.5 Å². The van der Waals surface area contributed by atoms with Gasteiger partial charge < -0.3 is 0 Å². The molecule has 6 rings (SSSR count). The van der Waals surface area contributed by atoms with Gasteiger partial charge in [0, 0.05) is 34.5 Å². The first kappa shape index (κ1) is 22.5. The number of rotatable bonds is 8. The van der Waals surface area contributed by atoms with Crippen molar-refractivity contribution in [1.29, 1.82) is 0 Å². The van der Waals surface area contributed by atoms with Crippen molar-refractivity contribution in [3.8, 4) is 0 Å². The van der Waals surface area contributed by atoms with Gasteiger partial charge in [-0.3, -0.25) is 9.98 Å². The number of nitrogens with zero attached hydrogens (tertiary/aromatic N) is 2. The molecule has 4 aliphatic rings. The Bertz CT molecular complexity index is 886. The Hall–Kier alpha value is -1.26. The summed E-state index contributed by atoms with van der Waals surface area (Å²) in [7, 11) is 0. The van der Waals surface area contributed by atoms with Gasteiger partial charge in [-0.1, -0.05) is 56.1 Å². The van der Waals surface area contributed by atoms with Crippen molar-refractivity contribution < 1.29 is 0 Å². The van der Waals surface area contributed by atoms with E-state index in [1.807, 2.05) is 0 Å². The van der Waals surface area contributed by atoms with E-state index in [1.54, 1.807) is 0 Å². The molecule has 0 aromatic heterocycles. The Balaban J connectivity index is 1.18. The lowest BCUT2D eigenvalue weighted by atomic mass is 9.43. The minimum Gasteiger partial charge on any atom is -0.293 e. The standard InChI is InChI=1S/C28H32Br2N2/c29-25-5-1-21(2-6-25)18-31-11-9-27-14-23-13-24(15-27)17-28(16-23,20-27)10-12-32-19-22-3-7-26(30)8-4-22/h1-8,18-19,23-24H,9-17,20H2. The summed E-state index contributed by atoms with van der Waals surface area (Å²) in [6.07, 6.45) is 15.3. The lowest BCUT2D eigenvalue weighted by Crippen LogP contribution is -2.52. The minimum absolute atomic E-state index is 0.538. The number of hydrogen-bond donors (Lipinski definition) is 0. The molecule has 0 unspecified atom stereocenters. The van der Waals surface area contributed by atoms with E-state index < -0.39 is 0 Å². The van der Waals surface area contributed by atoms with Gasteiger partial charge in [0.1, 0.15) is 0 Å². The Morgan fingerprint density at radius 3 is 1.50 bits per heavy atom. The zero-order chi connectivity index (χ0) is 22.0. The SMILES string of the molecule is Brc1ccc(C=NCCC23CC4CC(C2)CC(CCN=Cc2ccc(Br)cc2)(C4)C3)cc1. The maximum atomic E-state index is 4.82. The molecule has 0 N–H and O–H groups in total. The largest absolute Gasteiger partial charge is 0.293 e. The van der Waals surface area contributed by atoms with Crippen molar-refractivity contribution in [1.82, 2.24) is 0 Å². The van der Waals surface area contributed by atoms with Gasteiger partial charge in [0.15, 0.2) is 0 Å². The molecule has 168 valence electrons. The predicted octanol–water partition coefficient (Wildman–Crippen LogP) is 8.12. The van der Waals surface area contributed by atoms with Crippen molar-refractivity contribution in [2.24, 2.45) is 32.7 Å². The Morgan fingerprint density at radius 2 is 1.09 bits per heavy atom. The molecule has 4 heteroatoms. The molecule has 4 aliphatic carbocycles. The molecule has 0 aliphatic heterocycles. The first-order chi connectivity index (χ1) is 15.5. The van der Waals surface area contributed by atoms with Gasteiger partial charge in [0.2, 0.25) is 0 Å². The summed E-state index contributed by atoms with van der Waals surface area (Å²) in [6, 6.07) is 16.9. The van der Waals surface area contributed by atoms with Crippen LogP contribution in [-0.2, 0) is 0 Å². The van der Waals surface area contributed by atoms with Crippen molar-refractivity contribution in [2.75, 3.05) is 13.1 Å². The second-order valence-corrected chi connectivity index (χ2v) is 12.5. The van der Waals surface area contributed by atoms with Crippen molar-refractivity contribution in [3.05, 3.63) is 68.6 Å². The maximum Gasteiger partial charge on any atom is 0.0394 e. The van der Waals surface area contributed by atoms with Gasteiger partial charge in [-0.15, -0.1) is 0 Å². The van der Waals surface area contributed by atoms with Crippen LogP contribution in [-0.4, -0.2) is 25.5 Å². The third-order valence-corrected chi connectivity index (χ3v) is 9.12. The fourth-order valence-electron chi connectivity index (χ4n) is 7.28. The number of halogens is 2. The Kier molecular flexibility index (Phi) is 6.72. The summed E-state index contributed by atoms with van der Waals surface area (Å²) in [6.45, 7) is 1.93. The van der Waals surface area contributed by atoms with E-state index in [0.29, 0.717) is 10.8 Å². The molecule has 0 spiro atoms. The van der Waals surface area contributed by atoms with Crippen LogP contribution in [0.5, 0.6) is 0 Å². The fourth-order valence-corrected chi connectivity index (χ4v) is 7.80. The molecule has 4 saturated carbocycles. The smallest absolute Gasteiger partial charge is 0.0394 e. The van der Waals surface area contributed by atoms with Crippen LogP contribution in [0.15, 0.2) is 67.5 Å². The highest BCUT2D eigenvalue weighted by Gasteiger charge is 2.56. The van der Waals surface area contributed by atoms with E-state index in [0.717, 1.165) is 33.9 Å². The van der Waals surface area contributed by atoms with Gasteiger partial charge in [-0.2, -0.15) is 0 Å². The van der Waals surface area contributed by atoms with Gasteiger partial charge in [-0.05, 0) is 109 Å². The van der Waals surface area contributed by atoms with Crippen LogP contribution >= 0.6 is 31.9 Å². The second kappa shape index (κ2) is 9.54. The highest BCUT2D eigenvalue weighted by molar-refractivity contribution is 9.10. The van der Waals surface area contributed by atoms with Crippen LogP contribution in [0, 0.1) is 22.7 Å². The molecule has 4 bridgehead atoms. The zero-order valence-electron chi connectivity index (χ0n) is 18.6. The second-order valence-electron chi connectivity index (χ2n) is 10.6. The minimum atomic E-state index is 0.538. The summed E-state index contributed by atoms with van der Waals surface area (Å²) in [4.78, 5) is 9.64. The monoisotopic (exact) mass is 554 g/mol. The number of benzene rings is 2. The third kappa shape index (κ3) is 5.28. The number of aliphatic imine (C=N–C) groups is 2. The first-order valence-electron chi connectivity index (χ1n) is 12.0. The van der Waals surface area contributed by atoms with Gasteiger partial charge in [0.25, 0.3) is 0 Å². The summed E-state index contributed by atoms with van der Waals surface area (Å²) in [5, 5.41) is 0. The van der Waals surface area contributed by atoms with Crippen LogP contribution in [0.25, 0.3) is 0 Å². The summed E-state index contributed by atoms with van der Waals surface area (Å²) in [5.74, 6) is 1.89. The summed E-state index contributed by atoms with van der Waals surface area (Å²) in [5.41, 5.74) is 3.46. The lowest BCUT2D eigenvalue weighted by molar-refractivity contribution is -0.115. The van der Waals surface area contributed by atoms with E-state index in [9.17, 15) is 0 Å². The topological polar surface area (TPSA) is 24.7 Å².